The smallest absolute Gasteiger partial charge is 0.294 e. The SMILES string of the molecule is CCC(=O)c1ccc(Br)cc1SC(F)(F)F. The third-order valence-electron chi connectivity index (χ3n) is 1.79. The zero-order valence-electron chi connectivity index (χ0n) is 8.27. The van der Waals surface area contributed by atoms with Crippen molar-refractivity contribution in [1.82, 2.24) is 0 Å². The number of rotatable bonds is 3. The second-order valence-electron chi connectivity index (χ2n) is 2.97. The van der Waals surface area contributed by atoms with Crippen LogP contribution in [0.5, 0.6) is 0 Å². The molecule has 0 amide bonds. The van der Waals surface area contributed by atoms with Crippen molar-refractivity contribution in [2.24, 2.45) is 0 Å². The van der Waals surface area contributed by atoms with Crippen molar-refractivity contribution in [3.05, 3.63) is 28.2 Å². The van der Waals surface area contributed by atoms with Crippen molar-refractivity contribution in [3.63, 3.8) is 0 Å². The third-order valence-corrected chi connectivity index (χ3v) is 3.07. The molecule has 0 unspecified atom stereocenters. The Morgan fingerprint density at radius 3 is 2.56 bits per heavy atom. The summed E-state index contributed by atoms with van der Waals surface area (Å²) in [5, 5.41) is 0. The fourth-order valence-corrected chi connectivity index (χ4v) is 2.37. The van der Waals surface area contributed by atoms with Crippen LogP contribution in [0.25, 0.3) is 0 Å². The molecule has 1 nitrogen and oxygen atoms in total. The summed E-state index contributed by atoms with van der Waals surface area (Å²) in [5.41, 5.74) is -4.27. The minimum Gasteiger partial charge on any atom is -0.294 e. The van der Waals surface area contributed by atoms with Gasteiger partial charge in [-0.2, -0.15) is 13.2 Å². The number of thioether (sulfide) groups is 1. The van der Waals surface area contributed by atoms with Crippen molar-refractivity contribution >= 4 is 33.5 Å². The van der Waals surface area contributed by atoms with Gasteiger partial charge in [-0.25, -0.2) is 0 Å². The van der Waals surface area contributed by atoms with Crippen molar-refractivity contribution in [1.29, 1.82) is 0 Å². The highest BCUT2D eigenvalue weighted by Crippen LogP contribution is 2.39. The van der Waals surface area contributed by atoms with Crippen LogP contribution in [0.4, 0.5) is 13.2 Å². The summed E-state index contributed by atoms with van der Waals surface area (Å²) in [7, 11) is 0. The molecule has 88 valence electrons. The molecule has 1 rings (SSSR count). The fraction of sp³-hybridized carbons (Fsp3) is 0.300. The van der Waals surface area contributed by atoms with Crippen LogP contribution in [0.2, 0.25) is 0 Å². The number of halogens is 4. The molecule has 6 heteroatoms. The first kappa shape index (κ1) is 13.6. The van der Waals surface area contributed by atoms with Crippen molar-refractivity contribution in [3.8, 4) is 0 Å². The quantitative estimate of drug-likeness (QED) is 0.597. The number of carbonyl (C=O) groups is 1. The number of Topliss-reactive ketones (excluding diaryl/α,β-unsaturated/α-hetero) is 1. The Labute approximate surface area is 104 Å². The van der Waals surface area contributed by atoms with Crippen molar-refractivity contribution in [2.45, 2.75) is 23.7 Å². The van der Waals surface area contributed by atoms with Gasteiger partial charge in [0.15, 0.2) is 5.78 Å². The van der Waals surface area contributed by atoms with Crippen LogP contribution in [0.3, 0.4) is 0 Å². The van der Waals surface area contributed by atoms with E-state index in [1.54, 1.807) is 13.0 Å². The van der Waals surface area contributed by atoms with E-state index in [4.69, 9.17) is 0 Å². The van der Waals surface area contributed by atoms with Gasteiger partial charge in [-0.3, -0.25) is 4.79 Å². The summed E-state index contributed by atoms with van der Waals surface area (Å²) >= 11 is 2.82. The minimum absolute atomic E-state index is 0.0614. The highest BCUT2D eigenvalue weighted by atomic mass is 79.9. The van der Waals surface area contributed by atoms with E-state index in [9.17, 15) is 18.0 Å². The summed E-state index contributed by atoms with van der Waals surface area (Å²) in [6, 6.07) is 4.27. The van der Waals surface area contributed by atoms with Gasteiger partial charge in [-0.05, 0) is 30.0 Å². The number of carbonyl (C=O) groups excluding carboxylic acids is 1. The van der Waals surface area contributed by atoms with Gasteiger partial charge in [-0.1, -0.05) is 22.9 Å². The first-order valence-electron chi connectivity index (χ1n) is 4.42. The predicted molar refractivity (Wildman–Crippen MR) is 60.7 cm³/mol. The van der Waals surface area contributed by atoms with Crippen molar-refractivity contribution < 1.29 is 18.0 Å². The van der Waals surface area contributed by atoms with Crippen LogP contribution in [0, 0.1) is 0 Å². The van der Waals surface area contributed by atoms with E-state index in [2.05, 4.69) is 15.9 Å². The molecular formula is C10H8BrF3OS. The molecule has 0 aliphatic heterocycles. The fourth-order valence-electron chi connectivity index (χ4n) is 1.13. The topological polar surface area (TPSA) is 17.1 Å². The normalized spacial score (nSPS) is 11.6. The molecule has 0 heterocycles. The molecule has 0 aliphatic carbocycles. The van der Waals surface area contributed by atoms with Crippen LogP contribution in [0.1, 0.15) is 23.7 Å². The highest BCUT2D eigenvalue weighted by molar-refractivity contribution is 9.10. The average molecular weight is 313 g/mol. The third kappa shape index (κ3) is 3.83. The average Bonchev–Trinajstić information content (AvgIpc) is 2.14. The van der Waals surface area contributed by atoms with Crippen LogP contribution in [-0.2, 0) is 0 Å². The standard InChI is InChI=1S/C10H8BrF3OS/c1-2-8(15)7-4-3-6(11)5-9(7)16-10(12,13)14/h3-5H,2H2,1H3. The lowest BCUT2D eigenvalue weighted by Gasteiger charge is -2.10. The first-order valence-corrected chi connectivity index (χ1v) is 6.03. The molecule has 1 aromatic rings. The van der Waals surface area contributed by atoms with Gasteiger partial charge in [0.2, 0.25) is 0 Å². The van der Waals surface area contributed by atoms with Gasteiger partial charge in [0.05, 0.1) is 0 Å². The minimum atomic E-state index is -4.39. The number of benzene rings is 1. The highest BCUT2D eigenvalue weighted by Gasteiger charge is 2.31. The Kier molecular flexibility index (Phi) is 4.43. The molecule has 0 radical (unpaired) electrons. The Morgan fingerprint density at radius 2 is 2.06 bits per heavy atom. The lowest BCUT2D eigenvalue weighted by molar-refractivity contribution is -0.0328. The van der Waals surface area contributed by atoms with Crippen LogP contribution >= 0.6 is 27.7 Å². The Morgan fingerprint density at radius 1 is 1.44 bits per heavy atom. The maximum atomic E-state index is 12.3. The predicted octanol–water partition coefficient (Wildman–Crippen LogP) is 4.65. The van der Waals surface area contributed by atoms with E-state index in [1.165, 1.54) is 12.1 Å². The van der Waals surface area contributed by atoms with E-state index in [0.29, 0.717) is 4.47 Å². The second-order valence-corrected chi connectivity index (χ2v) is 4.99. The maximum absolute atomic E-state index is 12.3. The number of hydrogen-bond donors (Lipinski definition) is 0. The zero-order valence-corrected chi connectivity index (χ0v) is 10.7. The van der Waals surface area contributed by atoms with Crippen molar-refractivity contribution in [2.75, 3.05) is 0 Å². The molecule has 1 aromatic carbocycles. The van der Waals surface area contributed by atoms with Gasteiger partial charge < -0.3 is 0 Å². The van der Waals surface area contributed by atoms with Crippen LogP contribution in [0.15, 0.2) is 27.6 Å². The molecule has 16 heavy (non-hydrogen) atoms. The molecule has 0 fully saturated rings. The maximum Gasteiger partial charge on any atom is 0.446 e. The number of ketones is 1. The molecule has 0 spiro atoms. The zero-order chi connectivity index (χ0) is 12.3. The lowest BCUT2D eigenvalue weighted by atomic mass is 10.1. The second kappa shape index (κ2) is 5.23. The van der Waals surface area contributed by atoms with Crippen LogP contribution < -0.4 is 0 Å². The van der Waals surface area contributed by atoms with E-state index in [0.717, 1.165) is 0 Å². The molecule has 0 atom stereocenters. The molecular weight excluding hydrogens is 305 g/mol. The van der Waals surface area contributed by atoms with Gasteiger partial charge in [0.1, 0.15) is 0 Å². The van der Waals surface area contributed by atoms with Gasteiger partial charge >= 0.3 is 5.51 Å². The Balaban J connectivity index is 3.13. The van der Waals surface area contributed by atoms with E-state index in [-0.39, 0.29) is 34.4 Å². The molecule has 0 N–H and O–H groups in total. The summed E-state index contributed by atoms with van der Waals surface area (Å²) in [6.45, 7) is 1.62. The first-order chi connectivity index (χ1) is 7.33. The molecule has 0 aliphatic rings. The summed E-state index contributed by atoms with van der Waals surface area (Å²) in [6.07, 6.45) is 0.188. The van der Waals surface area contributed by atoms with E-state index in [1.807, 2.05) is 0 Å². The largest absolute Gasteiger partial charge is 0.446 e. The Hall–Kier alpha value is -0.490. The number of alkyl halides is 3. The lowest BCUT2D eigenvalue weighted by Crippen LogP contribution is -2.04. The number of hydrogen-bond acceptors (Lipinski definition) is 2. The van der Waals surface area contributed by atoms with Gasteiger partial charge in [0, 0.05) is 21.4 Å². The van der Waals surface area contributed by atoms with Gasteiger partial charge in [-0.15, -0.1) is 0 Å². The summed E-state index contributed by atoms with van der Waals surface area (Å²) < 4.78 is 37.3. The molecule has 0 saturated carbocycles. The Bertz CT molecular complexity index is 404. The van der Waals surface area contributed by atoms with Crippen LogP contribution in [-0.4, -0.2) is 11.3 Å². The molecule has 0 bridgehead atoms. The van der Waals surface area contributed by atoms with Gasteiger partial charge in [0.25, 0.3) is 0 Å². The summed E-state index contributed by atoms with van der Waals surface area (Å²) in [4.78, 5) is 11.4. The van der Waals surface area contributed by atoms with E-state index < -0.39 is 5.51 Å². The monoisotopic (exact) mass is 312 g/mol. The molecule has 0 aromatic heterocycles. The van der Waals surface area contributed by atoms with E-state index >= 15 is 0 Å². The molecule has 0 saturated heterocycles. The summed E-state index contributed by atoms with van der Waals surface area (Å²) in [5.74, 6) is -0.292.